The molecule has 0 radical (unpaired) electrons. The minimum atomic E-state index is -0.771. The number of rotatable bonds is 7. The lowest BCUT2D eigenvalue weighted by atomic mass is 9.90. The summed E-state index contributed by atoms with van der Waals surface area (Å²) in [5.41, 5.74) is 0.950. The molecule has 0 spiro atoms. The van der Waals surface area contributed by atoms with Crippen molar-refractivity contribution in [3.63, 3.8) is 0 Å². The van der Waals surface area contributed by atoms with E-state index in [9.17, 15) is 9.90 Å². The van der Waals surface area contributed by atoms with Crippen molar-refractivity contribution in [1.29, 1.82) is 0 Å². The Bertz CT molecular complexity index is 519. The Morgan fingerprint density at radius 2 is 2.19 bits per heavy atom. The molecule has 1 aromatic rings. The predicted octanol–water partition coefficient (Wildman–Crippen LogP) is 2.44. The van der Waals surface area contributed by atoms with Gasteiger partial charge in [0.1, 0.15) is 6.10 Å². The molecule has 3 rings (SSSR count). The number of benzene rings is 1. The molecule has 1 unspecified atom stereocenters. The van der Waals surface area contributed by atoms with E-state index < -0.39 is 5.97 Å². The molecule has 0 aromatic heterocycles. The van der Waals surface area contributed by atoms with E-state index in [0.717, 1.165) is 18.4 Å². The number of hydrogen-bond acceptors (Lipinski definition) is 4. The van der Waals surface area contributed by atoms with Crippen molar-refractivity contribution in [2.75, 3.05) is 20.3 Å². The van der Waals surface area contributed by atoms with Gasteiger partial charge in [-0.05, 0) is 24.8 Å². The van der Waals surface area contributed by atoms with Gasteiger partial charge in [0.2, 0.25) is 0 Å². The minimum absolute atomic E-state index is 0.00593. The van der Waals surface area contributed by atoms with E-state index in [1.54, 1.807) is 7.11 Å². The smallest absolute Gasteiger partial charge is 0.303 e. The third-order valence-electron chi connectivity index (χ3n) is 4.11. The largest absolute Gasteiger partial charge is 0.493 e. The molecular weight excluding hydrogens is 272 g/mol. The Balaban J connectivity index is 1.92. The van der Waals surface area contributed by atoms with Crippen molar-refractivity contribution < 1.29 is 24.1 Å². The SMILES string of the molecule is COc1cccc(C(CC(=O)O)C2CC2)c1OC1COC1. The first-order valence-electron chi connectivity index (χ1n) is 7.32. The number of carboxylic acid groups (broad SMARTS) is 1. The van der Waals surface area contributed by atoms with Crippen LogP contribution in [0, 0.1) is 5.92 Å². The van der Waals surface area contributed by atoms with Crippen LogP contribution in [0.4, 0.5) is 0 Å². The molecule has 1 N–H and O–H groups in total. The summed E-state index contributed by atoms with van der Waals surface area (Å²) in [5.74, 6) is 1.01. The molecule has 114 valence electrons. The zero-order chi connectivity index (χ0) is 14.8. The molecule has 1 aromatic carbocycles. The van der Waals surface area contributed by atoms with E-state index in [1.165, 1.54) is 0 Å². The van der Waals surface area contributed by atoms with Gasteiger partial charge in [-0.25, -0.2) is 0 Å². The molecule has 1 heterocycles. The Morgan fingerprint density at radius 1 is 1.43 bits per heavy atom. The molecule has 5 heteroatoms. The molecule has 0 bridgehead atoms. The van der Waals surface area contributed by atoms with Crippen molar-refractivity contribution in [2.24, 2.45) is 5.92 Å². The molecule has 1 atom stereocenters. The highest BCUT2D eigenvalue weighted by molar-refractivity contribution is 5.69. The second-order valence-corrected chi connectivity index (χ2v) is 5.70. The van der Waals surface area contributed by atoms with Gasteiger partial charge in [-0.2, -0.15) is 0 Å². The zero-order valence-corrected chi connectivity index (χ0v) is 12.1. The van der Waals surface area contributed by atoms with Crippen molar-refractivity contribution in [2.45, 2.75) is 31.3 Å². The van der Waals surface area contributed by atoms with Gasteiger partial charge < -0.3 is 19.3 Å². The second kappa shape index (κ2) is 5.93. The van der Waals surface area contributed by atoms with Crippen LogP contribution in [0.25, 0.3) is 0 Å². The Morgan fingerprint density at radius 3 is 2.71 bits per heavy atom. The maximum atomic E-state index is 11.2. The lowest BCUT2D eigenvalue weighted by molar-refractivity contribution is -0.137. The van der Waals surface area contributed by atoms with Gasteiger partial charge >= 0.3 is 5.97 Å². The predicted molar refractivity (Wildman–Crippen MR) is 75.9 cm³/mol. The van der Waals surface area contributed by atoms with Crippen LogP contribution in [0.3, 0.4) is 0 Å². The van der Waals surface area contributed by atoms with Crippen LogP contribution in [0.2, 0.25) is 0 Å². The van der Waals surface area contributed by atoms with Crippen molar-refractivity contribution in [3.05, 3.63) is 23.8 Å². The molecule has 2 fully saturated rings. The number of carboxylic acids is 1. The van der Waals surface area contributed by atoms with Gasteiger partial charge in [0, 0.05) is 11.5 Å². The highest BCUT2D eigenvalue weighted by atomic mass is 16.6. The summed E-state index contributed by atoms with van der Waals surface area (Å²) in [6.07, 6.45) is 2.34. The van der Waals surface area contributed by atoms with E-state index in [4.69, 9.17) is 14.2 Å². The summed E-state index contributed by atoms with van der Waals surface area (Å²) in [6, 6.07) is 5.71. The van der Waals surface area contributed by atoms with Crippen LogP contribution in [-0.2, 0) is 9.53 Å². The summed E-state index contributed by atoms with van der Waals surface area (Å²) in [5, 5.41) is 9.19. The van der Waals surface area contributed by atoms with Crippen molar-refractivity contribution >= 4 is 5.97 Å². The van der Waals surface area contributed by atoms with Gasteiger partial charge in [0.15, 0.2) is 11.5 Å². The third-order valence-corrected chi connectivity index (χ3v) is 4.11. The van der Waals surface area contributed by atoms with Gasteiger partial charge in [-0.3, -0.25) is 4.79 Å². The number of ether oxygens (including phenoxy) is 3. The topological polar surface area (TPSA) is 65.0 Å². The molecular formula is C16H20O5. The van der Waals surface area contributed by atoms with E-state index in [1.807, 2.05) is 18.2 Å². The van der Waals surface area contributed by atoms with Gasteiger partial charge in [-0.1, -0.05) is 12.1 Å². The monoisotopic (exact) mass is 292 g/mol. The van der Waals surface area contributed by atoms with Gasteiger partial charge in [-0.15, -0.1) is 0 Å². The second-order valence-electron chi connectivity index (χ2n) is 5.70. The third kappa shape index (κ3) is 3.13. The Labute approximate surface area is 123 Å². The lowest BCUT2D eigenvalue weighted by Gasteiger charge is -2.30. The molecule has 1 saturated heterocycles. The van der Waals surface area contributed by atoms with Crippen LogP contribution in [0.15, 0.2) is 18.2 Å². The average Bonchev–Trinajstić information content (AvgIpc) is 3.24. The standard InChI is InChI=1S/C16H20O5/c1-19-14-4-2-3-12(16(14)21-11-8-20-9-11)13(7-15(17)18)10-5-6-10/h2-4,10-11,13H,5-9H2,1H3,(H,17,18). The van der Waals surface area contributed by atoms with Crippen LogP contribution >= 0.6 is 0 Å². The normalized spacial score (nSPS) is 19.7. The molecule has 2 aliphatic rings. The van der Waals surface area contributed by atoms with Gasteiger partial charge in [0.25, 0.3) is 0 Å². The first-order valence-corrected chi connectivity index (χ1v) is 7.32. The molecule has 1 saturated carbocycles. The molecule has 21 heavy (non-hydrogen) atoms. The summed E-state index contributed by atoms with van der Waals surface area (Å²) < 4.78 is 16.5. The fourth-order valence-corrected chi connectivity index (χ4v) is 2.78. The number of para-hydroxylation sites is 1. The highest BCUT2D eigenvalue weighted by Crippen LogP contribution is 2.49. The molecule has 5 nitrogen and oxygen atoms in total. The summed E-state index contributed by atoms with van der Waals surface area (Å²) in [6.45, 7) is 1.15. The number of hydrogen-bond donors (Lipinski definition) is 1. The summed E-state index contributed by atoms with van der Waals surface area (Å²) >= 11 is 0. The number of aliphatic carboxylic acids is 1. The number of carbonyl (C=O) groups is 1. The first-order chi connectivity index (χ1) is 10.2. The first kappa shape index (κ1) is 14.2. The molecule has 1 aliphatic carbocycles. The molecule has 1 aliphatic heterocycles. The van der Waals surface area contributed by atoms with E-state index in [-0.39, 0.29) is 18.4 Å². The quantitative estimate of drug-likeness (QED) is 0.836. The zero-order valence-electron chi connectivity index (χ0n) is 12.1. The summed E-state index contributed by atoms with van der Waals surface area (Å²) in [4.78, 5) is 11.2. The van der Waals surface area contributed by atoms with Crippen LogP contribution in [0.5, 0.6) is 11.5 Å². The van der Waals surface area contributed by atoms with Crippen molar-refractivity contribution in [3.8, 4) is 11.5 Å². The number of methoxy groups -OCH3 is 1. The van der Waals surface area contributed by atoms with Crippen LogP contribution < -0.4 is 9.47 Å². The molecule has 0 amide bonds. The maximum Gasteiger partial charge on any atom is 0.303 e. The minimum Gasteiger partial charge on any atom is -0.493 e. The van der Waals surface area contributed by atoms with E-state index in [2.05, 4.69) is 0 Å². The van der Waals surface area contributed by atoms with Crippen LogP contribution in [0.1, 0.15) is 30.7 Å². The van der Waals surface area contributed by atoms with E-state index in [0.29, 0.717) is 30.6 Å². The Kier molecular flexibility index (Phi) is 4.01. The maximum absolute atomic E-state index is 11.2. The highest BCUT2D eigenvalue weighted by Gasteiger charge is 2.36. The van der Waals surface area contributed by atoms with Crippen LogP contribution in [-0.4, -0.2) is 37.5 Å². The summed E-state index contributed by atoms with van der Waals surface area (Å²) in [7, 11) is 1.60. The van der Waals surface area contributed by atoms with Gasteiger partial charge in [0.05, 0.1) is 26.7 Å². The fourth-order valence-electron chi connectivity index (χ4n) is 2.78. The Hall–Kier alpha value is -1.75. The lowest BCUT2D eigenvalue weighted by Crippen LogP contribution is -2.39. The average molecular weight is 292 g/mol. The fraction of sp³-hybridized carbons (Fsp3) is 0.562. The van der Waals surface area contributed by atoms with E-state index >= 15 is 0 Å². The van der Waals surface area contributed by atoms with Crippen molar-refractivity contribution in [1.82, 2.24) is 0 Å².